The molecule has 0 saturated carbocycles. The number of fused-ring (bicyclic) bond motifs is 1. The maximum Gasteiger partial charge on any atom is 0.336 e. The van der Waals surface area contributed by atoms with Crippen molar-refractivity contribution in [2.45, 2.75) is 33.1 Å². The van der Waals surface area contributed by atoms with Crippen molar-refractivity contribution in [3.05, 3.63) is 47.0 Å². The number of benzene rings is 2. The largest absolute Gasteiger partial charge is 0.478 e. The van der Waals surface area contributed by atoms with Gasteiger partial charge in [-0.1, -0.05) is 50.6 Å². The summed E-state index contributed by atoms with van der Waals surface area (Å²) in [4.78, 5) is 11.4. The lowest BCUT2D eigenvalue weighted by atomic mass is 9.80. The van der Waals surface area contributed by atoms with Crippen LogP contribution in [0.25, 0.3) is 10.8 Å². The van der Waals surface area contributed by atoms with Crippen LogP contribution < -0.4 is 0 Å². The molecular weight excluding hydrogens is 224 g/mol. The predicted octanol–water partition coefficient (Wildman–Crippen LogP) is 4.14. The molecule has 0 heterocycles. The molecule has 0 saturated heterocycles. The quantitative estimate of drug-likeness (QED) is 0.815. The monoisotopic (exact) mass is 242 g/mol. The third kappa shape index (κ3) is 2.10. The van der Waals surface area contributed by atoms with Crippen molar-refractivity contribution in [3.8, 4) is 0 Å². The molecule has 0 atom stereocenters. The Morgan fingerprint density at radius 1 is 1.11 bits per heavy atom. The van der Waals surface area contributed by atoms with Crippen molar-refractivity contribution >= 4 is 16.7 Å². The standard InChI is InChI=1S/C16H18O2/c1-10-5-6-11-7-8-12(15(17)18)14(13(11)9-10)16(2,3)4/h5-9H,1-4H3,(H,17,18). The molecular formula is C16H18O2. The van der Waals surface area contributed by atoms with E-state index in [4.69, 9.17) is 0 Å². The molecule has 2 aromatic carbocycles. The van der Waals surface area contributed by atoms with E-state index < -0.39 is 5.97 Å². The highest BCUT2D eigenvalue weighted by Gasteiger charge is 2.24. The molecule has 0 unspecified atom stereocenters. The van der Waals surface area contributed by atoms with Gasteiger partial charge in [0.05, 0.1) is 5.56 Å². The van der Waals surface area contributed by atoms with Crippen LogP contribution in [0.4, 0.5) is 0 Å². The van der Waals surface area contributed by atoms with Crippen molar-refractivity contribution in [2.75, 3.05) is 0 Å². The van der Waals surface area contributed by atoms with Crippen LogP contribution >= 0.6 is 0 Å². The van der Waals surface area contributed by atoms with E-state index in [2.05, 4.69) is 32.9 Å². The van der Waals surface area contributed by atoms with Crippen LogP contribution in [-0.4, -0.2) is 11.1 Å². The Hall–Kier alpha value is -1.83. The van der Waals surface area contributed by atoms with Crippen LogP contribution in [0.15, 0.2) is 30.3 Å². The fourth-order valence-corrected chi connectivity index (χ4v) is 2.42. The number of carboxylic acids is 1. The molecule has 0 aliphatic carbocycles. The van der Waals surface area contributed by atoms with Crippen molar-refractivity contribution in [1.29, 1.82) is 0 Å². The van der Waals surface area contributed by atoms with Gasteiger partial charge in [0.1, 0.15) is 0 Å². The molecule has 2 aromatic rings. The molecule has 0 aromatic heterocycles. The molecule has 0 radical (unpaired) electrons. The van der Waals surface area contributed by atoms with E-state index in [1.54, 1.807) is 6.07 Å². The number of aryl methyl sites for hydroxylation is 1. The Kier molecular flexibility index (Phi) is 2.89. The van der Waals surface area contributed by atoms with E-state index in [-0.39, 0.29) is 5.41 Å². The van der Waals surface area contributed by atoms with Gasteiger partial charge in [-0.3, -0.25) is 0 Å². The predicted molar refractivity (Wildman–Crippen MR) is 74.3 cm³/mol. The van der Waals surface area contributed by atoms with Crippen LogP contribution in [0.3, 0.4) is 0 Å². The zero-order valence-electron chi connectivity index (χ0n) is 11.2. The van der Waals surface area contributed by atoms with E-state index in [1.807, 2.05) is 19.1 Å². The second kappa shape index (κ2) is 4.13. The number of rotatable bonds is 1. The Morgan fingerprint density at radius 3 is 2.28 bits per heavy atom. The number of carbonyl (C=O) groups is 1. The summed E-state index contributed by atoms with van der Waals surface area (Å²) < 4.78 is 0. The van der Waals surface area contributed by atoms with Crippen molar-refractivity contribution in [1.82, 2.24) is 0 Å². The molecule has 18 heavy (non-hydrogen) atoms. The molecule has 0 bridgehead atoms. The highest BCUT2D eigenvalue weighted by Crippen LogP contribution is 2.33. The molecule has 2 rings (SSSR count). The molecule has 0 fully saturated rings. The maximum atomic E-state index is 11.4. The lowest BCUT2D eigenvalue weighted by Crippen LogP contribution is -2.17. The molecule has 2 nitrogen and oxygen atoms in total. The lowest BCUT2D eigenvalue weighted by Gasteiger charge is -2.24. The van der Waals surface area contributed by atoms with Gasteiger partial charge in [-0.2, -0.15) is 0 Å². The zero-order valence-corrected chi connectivity index (χ0v) is 11.2. The number of aromatic carboxylic acids is 1. The normalized spacial score (nSPS) is 11.8. The summed E-state index contributed by atoms with van der Waals surface area (Å²) >= 11 is 0. The summed E-state index contributed by atoms with van der Waals surface area (Å²) in [6, 6.07) is 9.76. The molecule has 0 spiro atoms. The fraction of sp³-hybridized carbons (Fsp3) is 0.312. The van der Waals surface area contributed by atoms with Crippen LogP contribution in [0, 0.1) is 6.92 Å². The number of hydrogen-bond acceptors (Lipinski definition) is 1. The minimum absolute atomic E-state index is 0.193. The smallest absolute Gasteiger partial charge is 0.336 e. The van der Waals surface area contributed by atoms with Gasteiger partial charge in [-0.15, -0.1) is 0 Å². The first kappa shape index (κ1) is 12.6. The van der Waals surface area contributed by atoms with Gasteiger partial charge in [-0.05, 0) is 34.7 Å². The second-order valence-corrected chi connectivity index (χ2v) is 5.77. The first-order chi connectivity index (χ1) is 8.30. The van der Waals surface area contributed by atoms with Crippen molar-refractivity contribution in [2.24, 2.45) is 0 Å². The van der Waals surface area contributed by atoms with Gasteiger partial charge in [0.15, 0.2) is 0 Å². The Labute approximate surface area is 107 Å². The zero-order chi connectivity index (χ0) is 13.5. The summed E-state index contributed by atoms with van der Waals surface area (Å²) in [6.07, 6.45) is 0. The molecule has 94 valence electrons. The summed E-state index contributed by atoms with van der Waals surface area (Å²) in [7, 11) is 0. The van der Waals surface area contributed by atoms with Gasteiger partial charge in [0.2, 0.25) is 0 Å². The molecule has 0 aliphatic rings. The van der Waals surface area contributed by atoms with Crippen molar-refractivity contribution in [3.63, 3.8) is 0 Å². The minimum atomic E-state index is -0.858. The van der Waals surface area contributed by atoms with Gasteiger partial charge in [-0.25, -0.2) is 4.79 Å². The van der Waals surface area contributed by atoms with Crippen LogP contribution in [0.1, 0.15) is 42.3 Å². The van der Waals surface area contributed by atoms with Gasteiger partial charge < -0.3 is 5.11 Å². The SMILES string of the molecule is Cc1ccc2ccc(C(=O)O)c(C(C)(C)C)c2c1. The average Bonchev–Trinajstić information content (AvgIpc) is 2.25. The number of hydrogen-bond donors (Lipinski definition) is 1. The molecule has 0 amide bonds. The van der Waals surface area contributed by atoms with E-state index in [1.165, 1.54) is 0 Å². The van der Waals surface area contributed by atoms with Gasteiger partial charge in [0.25, 0.3) is 0 Å². The van der Waals surface area contributed by atoms with Gasteiger partial charge >= 0.3 is 5.97 Å². The average molecular weight is 242 g/mol. The molecule has 1 N–H and O–H groups in total. The first-order valence-corrected chi connectivity index (χ1v) is 6.08. The summed E-state index contributed by atoms with van der Waals surface area (Å²) in [5.74, 6) is -0.858. The van der Waals surface area contributed by atoms with E-state index in [9.17, 15) is 9.90 Å². The second-order valence-electron chi connectivity index (χ2n) is 5.77. The first-order valence-electron chi connectivity index (χ1n) is 6.08. The topological polar surface area (TPSA) is 37.3 Å². The molecule has 0 aliphatic heterocycles. The summed E-state index contributed by atoms with van der Waals surface area (Å²) in [6.45, 7) is 8.18. The summed E-state index contributed by atoms with van der Waals surface area (Å²) in [5, 5.41) is 11.5. The third-order valence-electron chi connectivity index (χ3n) is 3.16. The highest BCUT2D eigenvalue weighted by molar-refractivity contribution is 5.98. The van der Waals surface area contributed by atoms with E-state index in [0.29, 0.717) is 5.56 Å². The fourth-order valence-electron chi connectivity index (χ4n) is 2.42. The Morgan fingerprint density at radius 2 is 1.72 bits per heavy atom. The van der Waals surface area contributed by atoms with Crippen LogP contribution in [0.5, 0.6) is 0 Å². The Balaban J connectivity index is 2.93. The van der Waals surface area contributed by atoms with E-state index in [0.717, 1.165) is 21.9 Å². The minimum Gasteiger partial charge on any atom is -0.478 e. The maximum absolute atomic E-state index is 11.4. The highest BCUT2D eigenvalue weighted by atomic mass is 16.4. The molecule has 2 heteroatoms. The van der Waals surface area contributed by atoms with Crippen LogP contribution in [0.2, 0.25) is 0 Å². The summed E-state index contributed by atoms with van der Waals surface area (Å²) in [5.41, 5.74) is 2.27. The third-order valence-corrected chi connectivity index (χ3v) is 3.16. The lowest BCUT2D eigenvalue weighted by molar-refractivity contribution is 0.0694. The van der Waals surface area contributed by atoms with E-state index >= 15 is 0 Å². The number of carboxylic acid groups (broad SMARTS) is 1. The van der Waals surface area contributed by atoms with Crippen LogP contribution in [-0.2, 0) is 5.41 Å². The van der Waals surface area contributed by atoms with Gasteiger partial charge in [0, 0.05) is 0 Å². The van der Waals surface area contributed by atoms with Crippen molar-refractivity contribution < 1.29 is 9.90 Å². The Bertz CT molecular complexity index is 619.